The van der Waals surface area contributed by atoms with Gasteiger partial charge in [0.2, 0.25) is 5.91 Å². The Morgan fingerprint density at radius 1 is 1.25 bits per heavy atom. The lowest BCUT2D eigenvalue weighted by molar-refractivity contribution is -0.140. The Kier molecular flexibility index (Phi) is 5.27. The van der Waals surface area contributed by atoms with Gasteiger partial charge in [-0.15, -0.1) is 0 Å². The predicted molar refractivity (Wildman–Crippen MR) is 113 cm³/mol. The number of aromatic nitrogens is 1. The number of nitrogens with one attached hydrogen (secondary N) is 1. The second-order valence-corrected chi connectivity index (χ2v) is 7.60. The third kappa shape index (κ3) is 3.14. The summed E-state index contributed by atoms with van der Waals surface area (Å²) in [6.07, 6.45) is 5.00. The van der Waals surface area contributed by atoms with E-state index in [2.05, 4.69) is 60.3 Å². The van der Waals surface area contributed by atoms with Crippen LogP contribution in [0.4, 0.5) is 0 Å². The third-order valence-electron chi connectivity index (χ3n) is 6.00. The SMILES string of the molecule is C/C=C1/CC(C(=O)N2CCOCC2)Cn2c(c(C)c3ccccc32)/C1=C/NC. The summed E-state index contributed by atoms with van der Waals surface area (Å²) in [6.45, 7) is 7.62. The van der Waals surface area contributed by atoms with Crippen molar-refractivity contribution in [1.29, 1.82) is 0 Å². The maximum absolute atomic E-state index is 13.4. The molecule has 0 saturated carbocycles. The summed E-state index contributed by atoms with van der Waals surface area (Å²) in [5.74, 6) is 0.177. The Balaban J connectivity index is 1.85. The van der Waals surface area contributed by atoms with E-state index in [0.29, 0.717) is 32.8 Å². The average Bonchev–Trinajstić information content (AvgIpc) is 2.91. The number of fused-ring (bicyclic) bond motifs is 3. The van der Waals surface area contributed by atoms with Crippen LogP contribution in [0.2, 0.25) is 0 Å². The summed E-state index contributed by atoms with van der Waals surface area (Å²) >= 11 is 0. The molecule has 5 heteroatoms. The molecule has 1 unspecified atom stereocenters. The fourth-order valence-electron chi connectivity index (χ4n) is 4.61. The summed E-state index contributed by atoms with van der Waals surface area (Å²) in [7, 11) is 1.93. The normalized spacial score (nSPS) is 23.1. The second-order valence-electron chi connectivity index (χ2n) is 7.60. The van der Waals surface area contributed by atoms with Gasteiger partial charge in [-0.05, 0) is 37.5 Å². The Morgan fingerprint density at radius 3 is 2.71 bits per heavy atom. The Labute approximate surface area is 166 Å². The smallest absolute Gasteiger partial charge is 0.227 e. The molecule has 5 nitrogen and oxygen atoms in total. The molecule has 1 fully saturated rings. The fourth-order valence-corrected chi connectivity index (χ4v) is 4.61. The second kappa shape index (κ2) is 7.84. The van der Waals surface area contributed by atoms with Crippen LogP contribution in [-0.4, -0.2) is 48.7 Å². The number of rotatable bonds is 2. The van der Waals surface area contributed by atoms with Gasteiger partial charge in [0, 0.05) is 49.4 Å². The zero-order valence-corrected chi connectivity index (χ0v) is 17.0. The van der Waals surface area contributed by atoms with Crippen LogP contribution in [0.25, 0.3) is 16.5 Å². The molecule has 1 aromatic heterocycles. The minimum atomic E-state index is -0.0685. The summed E-state index contributed by atoms with van der Waals surface area (Å²) < 4.78 is 7.80. The third-order valence-corrected chi connectivity index (χ3v) is 6.00. The van der Waals surface area contributed by atoms with Gasteiger partial charge in [0.15, 0.2) is 0 Å². The topological polar surface area (TPSA) is 46.5 Å². The number of allylic oxidation sites excluding steroid dienone is 3. The van der Waals surface area contributed by atoms with Crippen molar-refractivity contribution < 1.29 is 9.53 Å². The highest BCUT2D eigenvalue weighted by atomic mass is 16.5. The van der Waals surface area contributed by atoms with Crippen molar-refractivity contribution >= 4 is 22.4 Å². The number of ether oxygens (including phenoxy) is 1. The average molecular weight is 380 g/mol. The molecule has 0 bridgehead atoms. The van der Waals surface area contributed by atoms with Gasteiger partial charge in [-0.25, -0.2) is 0 Å². The summed E-state index contributed by atoms with van der Waals surface area (Å²) in [6, 6.07) is 8.51. The van der Waals surface area contributed by atoms with Crippen LogP contribution in [0.3, 0.4) is 0 Å². The first-order valence-corrected chi connectivity index (χ1v) is 10.1. The lowest BCUT2D eigenvalue weighted by atomic mass is 9.92. The molecule has 2 aliphatic rings. The molecule has 28 heavy (non-hydrogen) atoms. The summed E-state index contributed by atoms with van der Waals surface area (Å²) in [5.41, 5.74) is 6.12. The Morgan fingerprint density at radius 2 is 2.00 bits per heavy atom. The number of aryl methyl sites for hydroxylation is 1. The molecule has 0 radical (unpaired) electrons. The monoisotopic (exact) mass is 379 g/mol. The molecule has 1 N–H and O–H groups in total. The number of morpholine rings is 1. The van der Waals surface area contributed by atoms with E-state index in [4.69, 9.17) is 4.74 Å². The van der Waals surface area contributed by atoms with Gasteiger partial charge in [0.05, 0.1) is 24.8 Å². The number of hydrogen-bond donors (Lipinski definition) is 1. The highest BCUT2D eigenvalue weighted by molar-refractivity contribution is 5.94. The standard InChI is InChI=1S/C23H29N3O2/c1-4-17-13-18(23(27)25-9-11-28-12-10-25)15-26-21-8-6-5-7-19(21)16(2)22(26)20(17)14-24-3/h4-8,14,18,24H,9-13,15H2,1-3H3/b17-4-,20-14+. The van der Waals surface area contributed by atoms with Crippen LogP contribution in [0.5, 0.6) is 0 Å². The summed E-state index contributed by atoms with van der Waals surface area (Å²) in [5, 5.41) is 4.48. The number of para-hydroxylation sites is 1. The van der Waals surface area contributed by atoms with Crippen LogP contribution >= 0.6 is 0 Å². The van der Waals surface area contributed by atoms with Gasteiger partial charge >= 0.3 is 0 Å². The lowest BCUT2D eigenvalue weighted by Gasteiger charge is -2.30. The molecule has 1 aromatic carbocycles. The van der Waals surface area contributed by atoms with Crippen molar-refractivity contribution in [3.05, 3.63) is 53.4 Å². The van der Waals surface area contributed by atoms with Gasteiger partial charge < -0.3 is 19.5 Å². The highest BCUT2D eigenvalue weighted by Crippen LogP contribution is 2.39. The largest absolute Gasteiger partial charge is 0.393 e. The van der Waals surface area contributed by atoms with Crippen molar-refractivity contribution in [3.63, 3.8) is 0 Å². The van der Waals surface area contributed by atoms with Gasteiger partial charge in [0.1, 0.15) is 0 Å². The first-order chi connectivity index (χ1) is 13.7. The molecule has 1 amide bonds. The van der Waals surface area contributed by atoms with Gasteiger partial charge in [-0.3, -0.25) is 4.79 Å². The maximum atomic E-state index is 13.4. The van der Waals surface area contributed by atoms with Crippen LogP contribution in [0.15, 0.2) is 42.1 Å². The zero-order chi connectivity index (χ0) is 19.7. The number of hydrogen-bond acceptors (Lipinski definition) is 3. The molecular weight excluding hydrogens is 350 g/mol. The van der Waals surface area contributed by atoms with Crippen LogP contribution in [-0.2, 0) is 16.1 Å². The van der Waals surface area contributed by atoms with Crippen molar-refractivity contribution in [2.24, 2.45) is 5.92 Å². The Bertz CT molecular complexity index is 948. The van der Waals surface area contributed by atoms with Gasteiger partial charge in [-0.2, -0.15) is 0 Å². The number of amides is 1. The molecule has 2 aliphatic heterocycles. The van der Waals surface area contributed by atoms with E-state index in [1.165, 1.54) is 33.3 Å². The van der Waals surface area contributed by atoms with E-state index in [-0.39, 0.29) is 11.8 Å². The molecule has 1 atom stereocenters. The first kappa shape index (κ1) is 18.8. The molecule has 0 aliphatic carbocycles. The van der Waals surface area contributed by atoms with Gasteiger partial charge in [0.25, 0.3) is 0 Å². The van der Waals surface area contributed by atoms with E-state index in [1.807, 2.05) is 11.9 Å². The van der Waals surface area contributed by atoms with E-state index < -0.39 is 0 Å². The Hall–Kier alpha value is -2.53. The maximum Gasteiger partial charge on any atom is 0.227 e. The number of nitrogens with zero attached hydrogens (tertiary/aromatic N) is 2. The van der Waals surface area contributed by atoms with Crippen molar-refractivity contribution in [3.8, 4) is 0 Å². The molecule has 0 spiro atoms. The van der Waals surface area contributed by atoms with E-state index in [9.17, 15) is 4.79 Å². The van der Waals surface area contributed by atoms with Crippen LogP contribution in [0.1, 0.15) is 24.6 Å². The zero-order valence-electron chi connectivity index (χ0n) is 17.0. The van der Waals surface area contributed by atoms with Crippen molar-refractivity contribution in [2.75, 3.05) is 33.4 Å². The van der Waals surface area contributed by atoms with E-state index >= 15 is 0 Å². The summed E-state index contributed by atoms with van der Waals surface area (Å²) in [4.78, 5) is 15.4. The number of carbonyl (C=O) groups excluding carboxylic acids is 1. The highest BCUT2D eigenvalue weighted by Gasteiger charge is 2.33. The number of benzene rings is 1. The quantitative estimate of drug-likeness (QED) is 0.871. The predicted octanol–water partition coefficient (Wildman–Crippen LogP) is 3.34. The van der Waals surface area contributed by atoms with Crippen molar-refractivity contribution in [1.82, 2.24) is 14.8 Å². The molecule has 3 heterocycles. The van der Waals surface area contributed by atoms with Crippen LogP contribution in [0, 0.1) is 12.8 Å². The lowest BCUT2D eigenvalue weighted by Crippen LogP contribution is -2.44. The van der Waals surface area contributed by atoms with E-state index in [1.54, 1.807) is 0 Å². The van der Waals surface area contributed by atoms with Crippen LogP contribution < -0.4 is 5.32 Å². The molecule has 148 valence electrons. The van der Waals surface area contributed by atoms with Crippen molar-refractivity contribution in [2.45, 2.75) is 26.8 Å². The fraction of sp³-hybridized carbons (Fsp3) is 0.435. The minimum Gasteiger partial charge on any atom is -0.393 e. The minimum absolute atomic E-state index is 0.0685. The molecule has 4 rings (SSSR count). The molecular formula is C23H29N3O2. The molecule has 2 aromatic rings. The first-order valence-electron chi connectivity index (χ1n) is 10.1. The number of carbonyl (C=O) groups is 1. The van der Waals surface area contributed by atoms with Gasteiger partial charge in [-0.1, -0.05) is 24.3 Å². The van der Waals surface area contributed by atoms with E-state index in [0.717, 1.165) is 6.42 Å². The molecule has 1 saturated heterocycles.